The minimum Gasteiger partial charge on any atom is -0.332 e. The van der Waals surface area contributed by atoms with Gasteiger partial charge in [0.15, 0.2) is 0 Å². The zero-order valence-electron chi connectivity index (χ0n) is 16.8. The van der Waals surface area contributed by atoms with Crippen molar-refractivity contribution in [1.82, 2.24) is 19.4 Å². The van der Waals surface area contributed by atoms with Gasteiger partial charge in [-0.25, -0.2) is 4.98 Å². The van der Waals surface area contributed by atoms with Gasteiger partial charge in [-0.15, -0.1) is 0 Å². The molecule has 7 rings (SSSR count). The minimum absolute atomic E-state index is 0.184. The van der Waals surface area contributed by atoms with Crippen molar-refractivity contribution in [3.63, 3.8) is 0 Å². The first-order chi connectivity index (χ1) is 14.2. The SMILES string of the molecule is Cc1ccc(-c2nc3cccc4c3n2CCN(C2CN3CCC2CC3)C4=O)cc1. The third kappa shape index (κ3) is 2.64. The van der Waals surface area contributed by atoms with Crippen LogP contribution in [0.25, 0.3) is 22.4 Å². The molecule has 0 spiro atoms. The Kier molecular flexibility index (Phi) is 3.81. The quantitative estimate of drug-likeness (QED) is 0.676. The fourth-order valence-corrected chi connectivity index (χ4v) is 5.57. The second-order valence-corrected chi connectivity index (χ2v) is 8.83. The number of benzene rings is 2. The maximum absolute atomic E-state index is 13.7. The van der Waals surface area contributed by atoms with Crippen molar-refractivity contribution in [1.29, 1.82) is 0 Å². The number of imidazole rings is 1. The summed E-state index contributed by atoms with van der Waals surface area (Å²) in [7, 11) is 0. The molecule has 3 aromatic rings. The predicted octanol–water partition coefficient (Wildman–Crippen LogP) is 3.56. The molecule has 29 heavy (non-hydrogen) atoms. The average Bonchev–Trinajstić information content (AvgIpc) is 3.06. The molecule has 4 aliphatic heterocycles. The number of amides is 1. The summed E-state index contributed by atoms with van der Waals surface area (Å²) in [5.41, 5.74) is 5.08. The Hall–Kier alpha value is -2.66. The van der Waals surface area contributed by atoms with Gasteiger partial charge in [0.25, 0.3) is 5.91 Å². The molecule has 5 heterocycles. The summed E-state index contributed by atoms with van der Waals surface area (Å²) in [6.45, 7) is 7.08. The van der Waals surface area contributed by atoms with Crippen LogP contribution in [0, 0.1) is 12.8 Å². The summed E-state index contributed by atoms with van der Waals surface area (Å²) < 4.78 is 2.27. The number of fused-ring (bicyclic) bond motifs is 3. The second-order valence-electron chi connectivity index (χ2n) is 8.83. The van der Waals surface area contributed by atoms with Crippen LogP contribution < -0.4 is 0 Å². The highest BCUT2D eigenvalue weighted by Crippen LogP contribution is 2.35. The van der Waals surface area contributed by atoms with E-state index in [2.05, 4.69) is 45.6 Å². The van der Waals surface area contributed by atoms with Crippen LogP contribution in [0.2, 0.25) is 0 Å². The van der Waals surface area contributed by atoms with Crippen LogP contribution in [0.5, 0.6) is 0 Å². The first kappa shape index (κ1) is 17.2. The summed E-state index contributed by atoms with van der Waals surface area (Å²) in [6, 6.07) is 14.9. The number of aryl methyl sites for hydroxylation is 1. The molecule has 148 valence electrons. The molecule has 0 N–H and O–H groups in total. The number of piperidine rings is 3. The molecule has 2 aromatic carbocycles. The van der Waals surface area contributed by atoms with E-state index in [1.165, 1.54) is 31.5 Å². The summed E-state index contributed by atoms with van der Waals surface area (Å²) in [5.74, 6) is 1.80. The van der Waals surface area contributed by atoms with E-state index < -0.39 is 0 Å². The molecular formula is C24H26N4O. The lowest BCUT2D eigenvalue weighted by molar-refractivity contribution is 0.00728. The zero-order valence-corrected chi connectivity index (χ0v) is 16.8. The van der Waals surface area contributed by atoms with Gasteiger partial charge in [0.1, 0.15) is 5.82 Å². The second kappa shape index (κ2) is 6.42. The predicted molar refractivity (Wildman–Crippen MR) is 114 cm³/mol. The van der Waals surface area contributed by atoms with Crippen LogP contribution >= 0.6 is 0 Å². The molecule has 2 bridgehead atoms. The van der Waals surface area contributed by atoms with Gasteiger partial charge < -0.3 is 14.4 Å². The van der Waals surface area contributed by atoms with E-state index in [1.54, 1.807) is 0 Å². The lowest BCUT2D eigenvalue weighted by atomic mass is 9.83. The average molecular weight is 386 g/mol. The van der Waals surface area contributed by atoms with Crippen molar-refractivity contribution >= 4 is 16.9 Å². The summed E-state index contributed by atoms with van der Waals surface area (Å²) in [4.78, 5) is 23.3. The Morgan fingerprint density at radius 1 is 0.966 bits per heavy atom. The number of hydrogen-bond acceptors (Lipinski definition) is 3. The van der Waals surface area contributed by atoms with Crippen molar-refractivity contribution < 1.29 is 4.79 Å². The lowest BCUT2D eigenvalue weighted by Gasteiger charge is -2.48. The number of aromatic nitrogens is 2. The number of carbonyl (C=O) groups excluding carboxylic acids is 1. The van der Waals surface area contributed by atoms with Gasteiger partial charge in [-0.2, -0.15) is 0 Å². The Labute approximate surface area is 170 Å². The van der Waals surface area contributed by atoms with Crippen molar-refractivity contribution in [3.05, 3.63) is 53.6 Å². The van der Waals surface area contributed by atoms with Crippen LogP contribution in [0.3, 0.4) is 0 Å². The van der Waals surface area contributed by atoms with Crippen molar-refractivity contribution in [2.45, 2.75) is 32.4 Å². The van der Waals surface area contributed by atoms with E-state index in [1.807, 2.05) is 18.2 Å². The lowest BCUT2D eigenvalue weighted by Crippen LogP contribution is -2.58. The third-order valence-corrected chi connectivity index (χ3v) is 7.15. The Morgan fingerprint density at radius 2 is 1.76 bits per heavy atom. The highest BCUT2D eigenvalue weighted by Gasteiger charge is 2.40. The number of hydrogen-bond donors (Lipinski definition) is 0. The molecule has 4 aliphatic rings. The molecule has 1 atom stereocenters. The standard InChI is InChI=1S/C24H26N4O/c1-16-5-7-18(8-6-16)23-25-20-4-2-3-19-22(20)28(23)14-13-27(24(19)29)21-15-26-11-9-17(21)10-12-26/h2-8,17,21H,9-15H2,1H3. The maximum Gasteiger partial charge on any atom is 0.256 e. The highest BCUT2D eigenvalue weighted by atomic mass is 16.2. The Balaban J connectivity index is 1.45. The van der Waals surface area contributed by atoms with Gasteiger partial charge in [-0.1, -0.05) is 35.9 Å². The summed E-state index contributed by atoms with van der Waals surface area (Å²) in [5, 5.41) is 0. The fourth-order valence-electron chi connectivity index (χ4n) is 5.57. The molecule has 5 heteroatoms. The molecule has 3 saturated heterocycles. The smallest absolute Gasteiger partial charge is 0.256 e. The molecule has 0 radical (unpaired) electrons. The summed E-state index contributed by atoms with van der Waals surface area (Å²) >= 11 is 0. The number of rotatable bonds is 2. The third-order valence-electron chi connectivity index (χ3n) is 7.15. The van der Waals surface area contributed by atoms with E-state index in [-0.39, 0.29) is 5.91 Å². The molecule has 1 amide bonds. The first-order valence-electron chi connectivity index (χ1n) is 10.8. The van der Waals surface area contributed by atoms with Crippen molar-refractivity contribution in [2.24, 2.45) is 5.92 Å². The molecule has 5 nitrogen and oxygen atoms in total. The largest absolute Gasteiger partial charge is 0.332 e. The van der Waals surface area contributed by atoms with Gasteiger partial charge in [0.2, 0.25) is 0 Å². The van der Waals surface area contributed by atoms with Crippen molar-refractivity contribution in [2.75, 3.05) is 26.2 Å². The summed E-state index contributed by atoms with van der Waals surface area (Å²) in [6.07, 6.45) is 2.45. The Morgan fingerprint density at radius 3 is 2.48 bits per heavy atom. The molecule has 1 unspecified atom stereocenters. The number of nitrogens with zero attached hydrogens (tertiary/aromatic N) is 4. The molecular weight excluding hydrogens is 360 g/mol. The van der Waals surface area contributed by atoms with E-state index in [0.717, 1.165) is 47.6 Å². The Bertz CT molecular complexity index is 1090. The fraction of sp³-hybridized carbons (Fsp3) is 0.417. The van der Waals surface area contributed by atoms with Gasteiger partial charge in [-0.05, 0) is 50.9 Å². The monoisotopic (exact) mass is 386 g/mol. The molecule has 1 aromatic heterocycles. The van der Waals surface area contributed by atoms with Gasteiger partial charge >= 0.3 is 0 Å². The molecule has 0 saturated carbocycles. The minimum atomic E-state index is 0.184. The van der Waals surface area contributed by atoms with E-state index >= 15 is 0 Å². The van der Waals surface area contributed by atoms with Gasteiger partial charge in [-0.3, -0.25) is 4.79 Å². The van der Waals surface area contributed by atoms with E-state index in [4.69, 9.17) is 4.98 Å². The maximum atomic E-state index is 13.7. The zero-order chi connectivity index (χ0) is 19.5. The van der Waals surface area contributed by atoms with Crippen molar-refractivity contribution in [3.8, 4) is 11.4 Å². The van der Waals surface area contributed by atoms with Crippen LogP contribution in [0.1, 0.15) is 28.8 Å². The number of carbonyl (C=O) groups is 1. The highest BCUT2D eigenvalue weighted by molar-refractivity contribution is 6.06. The normalized spacial score (nSPS) is 26.2. The van der Waals surface area contributed by atoms with Crippen LogP contribution in [0.15, 0.2) is 42.5 Å². The molecule has 3 fully saturated rings. The molecule has 0 aliphatic carbocycles. The topological polar surface area (TPSA) is 41.4 Å². The first-order valence-corrected chi connectivity index (χ1v) is 10.8. The van der Waals surface area contributed by atoms with Gasteiger partial charge in [0, 0.05) is 31.2 Å². The van der Waals surface area contributed by atoms with Gasteiger partial charge in [0.05, 0.1) is 16.6 Å². The van der Waals surface area contributed by atoms with Crippen LogP contribution in [-0.4, -0.2) is 57.5 Å². The van der Waals surface area contributed by atoms with E-state index in [9.17, 15) is 4.79 Å². The van der Waals surface area contributed by atoms with Crippen LogP contribution in [-0.2, 0) is 6.54 Å². The van der Waals surface area contributed by atoms with E-state index in [0.29, 0.717) is 12.0 Å². The van der Waals surface area contributed by atoms with Crippen LogP contribution in [0.4, 0.5) is 0 Å². The number of para-hydroxylation sites is 1.